The summed E-state index contributed by atoms with van der Waals surface area (Å²) in [6, 6.07) is 2.00. The van der Waals surface area contributed by atoms with Gasteiger partial charge in [0.1, 0.15) is 11.9 Å². The lowest BCUT2D eigenvalue weighted by molar-refractivity contribution is 0.0888. The number of piperidine rings is 1. The monoisotopic (exact) mass is 335 g/mol. The number of nitrogens with zero attached hydrogens (tertiary/aromatic N) is 1. The number of halogens is 3. The molecule has 1 aliphatic heterocycles. The number of hydrogen-bond donors (Lipinski definition) is 1. The van der Waals surface area contributed by atoms with Gasteiger partial charge in [-0.1, -0.05) is 0 Å². The van der Waals surface area contributed by atoms with Crippen LogP contribution in [-0.2, 0) is 0 Å². The van der Waals surface area contributed by atoms with Gasteiger partial charge >= 0.3 is 6.09 Å². The van der Waals surface area contributed by atoms with E-state index in [1.807, 2.05) is 0 Å². The standard InChI is InChI=1S/C12H12BrF2NO3/c13-8-5-9(14)10(15)6-11(8)19-7-1-3-16(4-2-7)12(17)18/h5-7H,1-4H2,(H,17,18). The average Bonchev–Trinajstić information content (AvgIpc) is 2.36. The van der Waals surface area contributed by atoms with E-state index in [-0.39, 0.29) is 11.9 Å². The van der Waals surface area contributed by atoms with E-state index in [0.717, 1.165) is 12.1 Å². The van der Waals surface area contributed by atoms with E-state index in [1.54, 1.807) is 0 Å². The third-order valence-electron chi connectivity index (χ3n) is 2.98. The Labute approximate surface area is 117 Å². The maximum Gasteiger partial charge on any atom is 0.407 e. The molecule has 1 saturated heterocycles. The molecule has 0 radical (unpaired) electrons. The largest absolute Gasteiger partial charge is 0.489 e. The van der Waals surface area contributed by atoms with E-state index in [2.05, 4.69) is 15.9 Å². The second kappa shape index (κ2) is 5.73. The first-order valence-electron chi connectivity index (χ1n) is 5.76. The van der Waals surface area contributed by atoms with Crippen LogP contribution in [-0.4, -0.2) is 35.3 Å². The molecular weight excluding hydrogens is 324 g/mol. The molecule has 0 unspecified atom stereocenters. The number of likely N-dealkylation sites (tertiary alicyclic amines) is 1. The van der Waals surface area contributed by atoms with Crippen molar-refractivity contribution in [1.29, 1.82) is 0 Å². The molecule has 0 spiro atoms. The zero-order chi connectivity index (χ0) is 14.0. The highest BCUT2D eigenvalue weighted by Crippen LogP contribution is 2.30. The molecule has 0 bridgehead atoms. The van der Waals surface area contributed by atoms with Crippen LogP contribution in [0, 0.1) is 11.6 Å². The van der Waals surface area contributed by atoms with Crippen LogP contribution in [0.2, 0.25) is 0 Å². The van der Waals surface area contributed by atoms with E-state index in [0.29, 0.717) is 30.4 Å². The SMILES string of the molecule is O=C(O)N1CCC(Oc2cc(F)c(F)cc2Br)CC1. The van der Waals surface area contributed by atoms with Crippen LogP contribution < -0.4 is 4.74 Å². The Kier molecular flexibility index (Phi) is 4.24. The maximum absolute atomic E-state index is 13.1. The zero-order valence-corrected chi connectivity index (χ0v) is 11.5. The van der Waals surface area contributed by atoms with Gasteiger partial charge in [-0.2, -0.15) is 0 Å². The molecular formula is C12H12BrF2NO3. The number of hydrogen-bond acceptors (Lipinski definition) is 2. The third kappa shape index (κ3) is 3.34. The summed E-state index contributed by atoms with van der Waals surface area (Å²) in [7, 11) is 0. The fraction of sp³-hybridized carbons (Fsp3) is 0.417. The summed E-state index contributed by atoms with van der Waals surface area (Å²) in [5.74, 6) is -1.69. The molecule has 0 saturated carbocycles. The molecule has 1 fully saturated rings. The van der Waals surface area contributed by atoms with Gasteiger partial charge < -0.3 is 14.7 Å². The summed E-state index contributed by atoms with van der Waals surface area (Å²) >= 11 is 3.11. The zero-order valence-electron chi connectivity index (χ0n) is 9.91. The number of amides is 1. The van der Waals surface area contributed by atoms with Crippen molar-refractivity contribution in [2.75, 3.05) is 13.1 Å². The van der Waals surface area contributed by atoms with E-state index >= 15 is 0 Å². The van der Waals surface area contributed by atoms with Crippen molar-refractivity contribution in [1.82, 2.24) is 4.90 Å². The lowest BCUT2D eigenvalue weighted by Gasteiger charge is -2.30. The van der Waals surface area contributed by atoms with Gasteiger partial charge in [-0.3, -0.25) is 0 Å². The maximum atomic E-state index is 13.1. The van der Waals surface area contributed by atoms with Crippen molar-refractivity contribution >= 4 is 22.0 Å². The number of ether oxygens (including phenoxy) is 1. The summed E-state index contributed by atoms with van der Waals surface area (Å²) in [4.78, 5) is 12.0. The highest BCUT2D eigenvalue weighted by atomic mass is 79.9. The number of rotatable bonds is 2. The Bertz CT molecular complexity index is 490. The summed E-state index contributed by atoms with van der Waals surface area (Å²) in [5, 5.41) is 8.81. The van der Waals surface area contributed by atoms with Crippen LogP contribution in [0.3, 0.4) is 0 Å². The predicted molar refractivity (Wildman–Crippen MR) is 67.3 cm³/mol. The second-order valence-electron chi connectivity index (χ2n) is 4.28. The Balaban J connectivity index is 1.99. The summed E-state index contributed by atoms with van der Waals surface area (Å²) < 4.78 is 32.0. The van der Waals surface area contributed by atoms with Gasteiger partial charge in [-0.15, -0.1) is 0 Å². The topological polar surface area (TPSA) is 49.8 Å². The Hall–Kier alpha value is -1.37. The summed E-state index contributed by atoms with van der Waals surface area (Å²) in [6.45, 7) is 0.753. The Morgan fingerprint density at radius 3 is 2.47 bits per heavy atom. The predicted octanol–water partition coefficient (Wildman–Crippen LogP) is 3.25. The molecule has 1 aliphatic rings. The minimum absolute atomic E-state index is 0.197. The van der Waals surface area contributed by atoms with Gasteiger partial charge in [0.25, 0.3) is 0 Å². The van der Waals surface area contributed by atoms with Crippen LogP contribution in [0.25, 0.3) is 0 Å². The average molecular weight is 336 g/mol. The Morgan fingerprint density at radius 2 is 1.89 bits per heavy atom. The van der Waals surface area contributed by atoms with Crippen LogP contribution >= 0.6 is 15.9 Å². The molecule has 1 aromatic carbocycles. The molecule has 1 amide bonds. The lowest BCUT2D eigenvalue weighted by Crippen LogP contribution is -2.41. The molecule has 1 N–H and O–H groups in total. The van der Waals surface area contributed by atoms with E-state index < -0.39 is 17.7 Å². The molecule has 4 nitrogen and oxygen atoms in total. The molecule has 104 valence electrons. The first-order valence-corrected chi connectivity index (χ1v) is 6.55. The molecule has 7 heteroatoms. The molecule has 0 aromatic heterocycles. The van der Waals surface area contributed by atoms with Gasteiger partial charge in [-0.25, -0.2) is 13.6 Å². The van der Waals surface area contributed by atoms with Crippen LogP contribution in [0.15, 0.2) is 16.6 Å². The molecule has 2 rings (SSSR count). The molecule has 0 atom stereocenters. The minimum atomic E-state index is -0.971. The third-order valence-corrected chi connectivity index (χ3v) is 3.60. The van der Waals surface area contributed by atoms with Crippen molar-refractivity contribution in [2.24, 2.45) is 0 Å². The van der Waals surface area contributed by atoms with E-state index in [1.165, 1.54) is 4.90 Å². The Morgan fingerprint density at radius 1 is 1.32 bits per heavy atom. The van der Waals surface area contributed by atoms with Gasteiger partial charge in [-0.05, 0) is 22.0 Å². The fourth-order valence-corrected chi connectivity index (χ4v) is 2.35. The van der Waals surface area contributed by atoms with Crippen LogP contribution in [0.1, 0.15) is 12.8 Å². The first-order chi connectivity index (χ1) is 8.97. The number of benzene rings is 1. The van der Waals surface area contributed by atoms with Crippen LogP contribution in [0.5, 0.6) is 5.75 Å². The van der Waals surface area contributed by atoms with Gasteiger partial charge in [0.2, 0.25) is 0 Å². The second-order valence-corrected chi connectivity index (χ2v) is 5.14. The quantitative estimate of drug-likeness (QED) is 0.844. The number of carbonyl (C=O) groups is 1. The lowest BCUT2D eigenvalue weighted by atomic mass is 10.1. The minimum Gasteiger partial charge on any atom is -0.489 e. The molecule has 0 aliphatic carbocycles. The van der Waals surface area contributed by atoms with Crippen molar-refractivity contribution in [3.8, 4) is 5.75 Å². The van der Waals surface area contributed by atoms with Gasteiger partial charge in [0.05, 0.1) is 4.47 Å². The van der Waals surface area contributed by atoms with E-state index in [4.69, 9.17) is 9.84 Å². The highest BCUT2D eigenvalue weighted by Gasteiger charge is 2.24. The first kappa shape index (κ1) is 14.0. The van der Waals surface area contributed by atoms with E-state index in [9.17, 15) is 13.6 Å². The molecule has 1 aromatic rings. The van der Waals surface area contributed by atoms with Crippen molar-refractivity contribution in [2.45, 2.75) is 18.9 Å². The highest BCUT2D eigenvalue weighted by molar-refractivity contribution is 9.10. The summed E-state index contributed by atoms with van der Waals surface area (Å²) in [6.07, 6.45) is -0.0978. The number of carboxylic acid groups (broad SMARTS) is 1. The fourth-order valence-electron chi connectivity index (χ4n) is 1.94. The van der Waals surface area contributed by atoms with Crippen molar-refractivity contribution < 1.29 is 23.4 Å². The van der Waals surface area contributed by atoms with Crippen LogP contribution in [0.4, 0.5) is 13.6 Å². The van der Waals surface area contributed by atoms with Crippen molar-refractivity contribution in [3.63, 3.8) is 0 Å². The molecule has 19 heavy (non-hydrogen) atoms. The smallest absolute Gasteiger partial charge is 0.407 e. The summed E-state index contributed by atoms with van der Waals surface area (Å²) in [5.41, 5.74) is 0. The van der Waals surface area contributed by atoms with Gasteiger partial charge in [0, 0.05) is 32.0 Å². The van der Waals surface area contributed by atoms with Crippen molar-refractivity contribution in [3.05, 3.63) is 28.2 Å². The normalized spacial score (nSPS) is 16.5. The van der Waals surface area contributed by atoms with Gasteiger partial charge in [0.15, 0.2) is 11.6 Å². The molecule has 1 heterocycles.